The molecule has 0 fully saturated rings. The van der Waals surface area contributed by atoms with Gasteiger partial charge in [0.05, 0.1) is 0 Å². The summed E-state index contributed by atoms with van der Waals surface area (Å²) in [6.07, 6.45) is 6.59. The summed E-state index contributed by atoms with van der Waals surface area (Å²) < 4.78 is 10.0. The highest BCUT2D eigenvalue weighted by Crippen LogP contribution is 2.10. The lowest BCUT2D eigenvalue weighted by molar-refractivity contribution is -0.000938. The van der Waals surface area contributed by atoms with Gasteiger partial charge in [-0.2, -0.15) is 0 Å². The first-order valence-electron chi connectivity index (χ1n) is 3.66. The van der Waals surface area contributed by atoms with E-state index in [4.69, 9.17) is 15.9 Å². The molecule has 0 saturated carbocycles. The predicted octanol–water partition coefficient (Wildman–Crippen LogP) is 2.02. The predicted molar refractivity (Wildman–Crippen MR) is 46.5 cm³/mol. The molecular formula is C10H10O2. The smallest absolute Gasteiger partial charge is 0.248 e. The van der Waals surface area contributed by atoms with Gasteiger partial charge in [0.25, 0.3) is 0 Å². The van der Waals surface area contributed by atoms with E-state index in [9.17, 15) is 0 Å². The first-order chi connectivity index (χ1) is 5.83. The second-order valence-electron chi connectivity index (χ2n) is 2.23. The van der Waals surface area contributed by atoms with Crippen LogP contribution in [0.1, 0.15) is 6.92 Å². The van der Waals surface area contributed by atoms with Crippen molar-refractivity contribution in [3.63, 3.8) is 0 Å². The van der Waals surface area contributed by atoms with Crippen LogP contribution in [0.4, 0.5) is 0 Å². The Morgan fingerprint density at radius 2 is 2.00 bits per heavy atom. The molecule has 0 aliphatic carbocycles. The second-order valence-corrected chi connectivity index (χ2v) is 2.23. The van der Waals surface area contributed by atoms with Gasteiger partial charge in [0.2, 0.25) is 6.29 Å². The molecule has 1 rings (SSSR count). The summed E-state index contributed by atoms with van der Waals surface area (Å²) in [6, 6.07) is 9.38. The van der Waals surface area contributed by atoms with E-state index >= 15 is 0 Å². The van der Waals surface area contributed by atoms with Gasteiger partial charge in [-0.1, -0.05) is 24.6 Å². The summed E-state index contributed by atoms with van der Waals surface area (Å²) in [5, 5.41) is 0. The summed E-state index contributed by atoms with van der Waals surface area (Å²) in [6.45, 7) is 1.74. The quantitative estimate of drug-likeness (QED) is 0.500. The number of benzene rings is 1. The first kappa shape index (κ1) is 8.48. The van der Waals surface area contributed by atoms with Crippen LogP contribution in [0.15, 0.2) is 30.3 Å². The fourth-order valence-corrected chi connectivity index (χ4v) is 0.811. The van der Waals surface area contributed by atoms with Crippen LogP contribution in [0, 0.1) is 12.5 Å². The van der Waals surface area contributed by atoms with E-state index in [1.54, 1.807) is 6.92 Å². The maximum atomic E-state index is 5.29. The minimum atomic E-state index is -0.405. The van der Waals surface area contributed by atoms with Crippen LogP contribution in [0.2, 0.25) is 0 Å². The maximum absolute atomic E-state index is 5.29. The normalized spacial score (nSPS) is 11.3. The fraction of sp³-hybridized carbons (Fsp3) is 0.200. The Bertz CT molecular complexity index is 261. The summed E-state index contributed by atoms with van der Waals surface area (Å²) in [5.74, 6) is 0.750. The van der Waals surface area contributed by atoms with Crippen LogP contribution in [0.5, 0.6) is 5.75 Å². The molecule has 0 aliphatic heterocycles. The van der Waals surface area contributed by atoms with Gasteiger partial charge in [-0.25, -0.2) is 0 Å². The Morgan fingerprint density at radius 1 is 1.33 bits per heavy atom. The first-order valence-corrected chi connectivity index (χ1v) is 3.66. The van der Waals surface area contributed by atoms with Crippen molar-refractivity contribution in [2.45, 2.75) is 13.2 Å². The molecule has 12 heavy (non-hydrogen) atoms. The van der Waals surface area contributed by atoms with E-state index in [-0.39, 0.29) is 0 Å². The molecule has 0 aromatic heterocycles. The Hall–Kier alpha value is -1.62. The second kappa shape index (κ2) is 4.30. The largest absolute Gasteiger partial charge is 0.454 e. The van der Waals surface area contributed by atoms with Gasteiger partial charge >= 0.3 is 0 Å². The monoisotopic (exact) mass is 162 g/mol. The molecule has 1 aromatic rings. The van der Waals surface area contributed by atoms with Gasteiger partial charge in [-0.05, 0) is 12.1 Å². The zero-order chi connectivity index (χ0) is 8.81. The lowest BCUT2D eigenvalue weighted by Gasteiger charge is -2.11. The van der Waals surface area contributed by atoms with Gasteiger partial charge in [0.1, 0.15) is 11.9 Å². The zero-order valence-electron chi connectivity index (χ0n) is 6.86. The lowest BCUT2D eigenvalue weighted by Crippen LogP contribution is -2.12. The highest BCUT2D eigenvalue weighted by atomic mass is 16.7. The van der Waals surface area contributed by atoms with Gasteiger partial charge in [0, 0.05) is 6.92 Å². The summed E-state index contributed by atoms with van der Waals surface area (Å²) in [4.78, 5) is 0. The average molecular weight is 162 g/mol. The average Bonchev–Trinajstić information content (AvgIpc) is 2.06. The molecule has 1 aromatic carbocycles. The molecule has 2 nitrogen and oxygen atoms in total. The molecule has 0 heterocycles. The SMILES string of the molecule is C#COC(C)Oc1ccccc1. The van der Waals surface area contributed by atoms with Crippen molar-refractivity contribution in [1.82, 2.24) is 0 Å². The van der Waals surface area contributed by atoms with Gasteiger partial charge in [-0.3, -0.25) is 0 Å². The van der Waals surface area contributed by atoms with Gasteiger partial charge in [-0.15, -0.1) is 0 Å². The number of hydrogen-bond acceptors (Lipinski definition) is 2. The third-order valence-electron chi connectivity index (χ3n) is 1.28. The van der Waals surface area contributed by atoms with Gasteiger partial charge < -0.3 is 9.47 Å². The molecule has 0 spiro atoms. The van der Waals surface area contributed by atoms with Crippen molar-refractivity contribution >= 4 is 0 Å². The minimum Gasteiger partial charge on any atom is -0.454 e. The van der Waals surface area contributed by atoms with Crippen molar-refractivity contribution in [2.24, 2.45) is 0 Å². The number of para-hydroxylation sites is 1. The van der Waals surface area contributed by atoms with Crippen molar-refractivity contribution in [3.05, 3.63) is 30.3 Å². The fourth-order valence-electron chi connectivity index (χ4n) is 0.811. The highest BCUT2D eigenvalue weighted by Gasteiger charge is 2.00. The zero-order valence-corrected chi connectivity index (χ0v) is 6.86. The van der Waals surface area contributed by atoms with Crippen molar-refractivity contribution < 1.29 is 9.47 Å². The van der Waals surface area contributed by atoms with Crippen LogP contribution in [0.3, 0.4) is 0 Å². The molecular weight excluding hydrogens is 152 g/mol. The topological polar surface area (TPSA) is 18.5 Å². The van der Waals surface area contributed by atoms with E-state index in [0.717, 1.165) is 5.75 Å². The van der Waals surface area contributed by atoms with Crippen LogP contribution >= 0.6 is 0 Å². The molecule has 0 aliphatic rings. The molecule has 1 unspecified atom stereocenters. The van der Waals surface area contributed by atoms with Crippen molar-refractivity contribution in [1.29, 1.82) is 0 Å². The van der Waals surface area contributed by atoms with Crippen molar-refractivity contribution in [3.8, 4) is 18.3 Å². The van der Waals surface area contributed by atoms with E-state index in [1.165, 1.54) is 0 Å². The van der Waals surface area contributed by atoms with Crippen molar-refractivity contribution in [2.75, 3.05) is 0 Å². The lowest BCUT2D eigenvalue weighted by atomic mass is 10.3. The Labute approximate surface area is 72.1 Å². The highest BCUT2D eigenvalue weighted by molar-refractivity contribution is 5.20. The van der Waals surface area contributed by atoms with Crippen LogP contribution in [-0.4, -0.2) is 6.29 Å². The Balaban J connectivity index is 2.48. The molecule has 0 bridgehead atoms. The summed E-state index contributed by atoms with van der Waals surface area (Å²) in [7, 11) is 0. The Morgan fingerprint density at radius 3 is 2.58 bits per heavy atom. The Kier molecular flexibility index (Phi) is 3.04. The molecule has 0 N–H and O–H groups in total. The van der Waals surface area contributed by atoms with Gasteiger partial charge in [0.15, 0.2) is 0 Å². The maximum Gasteiger partial charge on any atom is 0.248 e. The van der Waals surface area contributed by atoms with E-state index in [1.807, 2.05) is 30.3 Å². The molecule has 0 amide bonds. The summed E-state index contributed by atoms with van der Waals surface area (Å²) in [5.41, 5.74) is 0. The third-order valence-corrected chi connectivity index (χ3v) is 1.28. The van der Waals surface area contributed by atoms with Crippen LogP contribution < -0.4 is 4.74 Å². The third kappa shape index (κ3) is 2.55. The van der Waals surface area contributed by atoms with E-state index in [0.29, 0.717) is 0 Å². The van der Waals surface area contributed by atoms with E-state index in [2.05, 4.69) is 6.11 Å². The number of rotatable bonds is 3. The summed E-state index contributed by atoms with van der Waals surface area (Å²) >= 11 is 0. The number of terminal acetylenes is 1. The van der Waals surface area contributed by atoms with E-state index < -0.39 is 6.29 Å². The molecule has 0 saturated heterocycles. The standard InChI is InChI=1S/C10H10O2/c1-3-11-9(2)12-10-7-5-4-6-8-10/h1,4-9H,2H3. The van der Waals surface area contributed by atoms with Crippen LogP contribution in [0.25, 0.3) is 0 Å². The number of hydrogen-bond donors (Lipinski definition) is 0. The molecule has 62 valence electrons. The molecule has 0 radical (unpaired) electrons. The molecule has 1 atom stereocenters. The molecule has 2 heteroatoms. The van der Waals surface area contributed by atoms with Crippen LogP contribution in [-0.2, 0) is 4.74 Å². The minimum absolute atomic E-state index is 0.405. The number of ether oxygens (including phenoxy) is 2.